The number of rotatable bonds is 13. The molecule has 54 heavy (non-hydrogen) atoms. The Morgan fingerprint density at radius 3 is 1.69 bits per heavy atom. The van der Waals surface area contributed by atoms with Gasteiger partial charge in [0.25, 0.3) is 0 Å². The summed E-state index contributed by atoms with van der Waals surface area (Å²) in [6.07, 6.45) is -19.9. The van der Waals surface area contributed by atoms with Crippen molar-refractivity contribution < 1.29 is 84.6 Å². The number of allylic oxidation sites excluding steroid dienone is 3. The standard InChI is InChI=1S/C37H56O17/c1-5-6-17-10-20(49-35-31(46)29(44)26(41)22(12-38)51-35)25(19-9-16(4)7-8-18(19)15(2)3)21(11-17)50-37-33(48)34(28(43)24(14-40)53-37)54-36-32(47)30(45)27(42)23(13-39)52-36/h9-11,18-19,22-24,26-48H,2,5-8,12-14H2,1,3-4H3/t18?,19-,22-,23-,24-,26-,27-,28-,29+,30+,31-,32-,33-,34+,35-,36+,37-/m1/s1. The SMILES string of the molecule is C=C(C)C1CCC(C)=C[C@H]1c1c(O[C@@H]2O[C@H](CO)[C@@H](O)[C@H](O)[C@H]2O)cc(CCC)cc1O[C@@H]1O[C@H](CO)[C@@H](O)[C@H](O[C@@H]2O[C@H](CO)[C@@H](O)[C@H](O)[C@H]2O)[C@H]1O. The molecule has 17 heteroatoms. The Bertz CT molecular complexity index is 1440. The average molecular weight is 773 g/mol. The third-order valence-electron chi connectivity index (χ3n) is 10.7. The van der Waals surface area contributed by atoms with Crippen LogP contribution < -0.4 is 9.47 Å². The Labute approximate surface area is 313 Å². The van der Waals surface area contributed by atoms with Gasteiger partial charge in [-0.25, -0.2) is 0 Å². The van der Waals surface area contributed by atoms with Gasteiger partial charge in [-0.1, -0.05) is 37.1 Å². The Morgan fingerprint density at radius 1 is 0.704 bits per heavy atom. The van der Waals surface area contributed by atoms with Crippen molar-refractivity contribution >= 4 is 0 Å². The first-order valence-corrected chi connectivity index (χ1v) is 18.4. The van der Waals surface area contributed by atoms with Gasteiger partial charge in [0.15, 0.2) is 6.29 Å². The summed E-state index contributed by atoms with van der Waals surface area (Å²) in [4.78, 5) is 0. The van der Waals surface area contributed by atoms with Gasteiger partial charge >= 0.3 is 0 Å². The first kappa shape index (κ1) is 42.8. The molecule has 1 aromatic rings. The van der Waals surface area contributed by atoms with E-state index in [4.69, 9.17) is 28.4 Å². The third kappa shape index (κ3) is 8.81. The molecule has 1 unspecified atom stereocenters. The summed E-state index contributed by atoms with van der Waals surface area (Å²) in [7, 11) is 0. The molecule has 17 nitrogen and oxygen atoms in total. The zero-order chi connectivity index (χ0) is 39.6. The fourth-order valence-corrected chi connectivity index (χ4v) is 7.58. The van der Waals surface area contributed by atoms with E-state index in [1.54, 1.807) is 12.1 Å². The molecule has 17 atom stereocenters. The van der Waals surface area contributed by atoms with Crippen LogP contribution in [-0.4, -0.2) is 168 Å². The van der Waals surface area contributed by atoms with Crippen molar-refractivity contribution in [1.29, 1.82) is 0 Å². The Hall–Kier alpha value is -2.30. The number of aryl methyl sites for hydroxylation is 1. The first-order valence-electron chi connectivity index (χ1n) is 18.4. The van der Waals surface area contributed by atoms with E-state index in [1.807, 2.05) is 26.8 Å². The van der Waals surface area contributed by atoms with Gasteiger partial charge in [-0.05, 0) is 56.7 Å². The molecule has 3 saturated heterocycles. The molecule has 3 aliphatic heterocycles. The zero-order valence-corrected chi connectivity index (χ0v) is 30.6. The van der Waals surface area contributed by atoms with Crippen LogP contribution in [0.4, 0.5) is 0 Å². The fraction of sp³-hybridized carbons (Fsp3) is 0.730. The molecule has 1 aromatic carbocycles. The van der Waals surface area contributed by atoms with Gasteiger partial charge < -0.3 is 84.6 Å². The van der Waals surface area contributed by atoms with E-state index >= 15 is 0 Å². The topological polar surface area (TPSA) is 278 Å². The first-order chi connectivity index (χ1) is 25.6. The van der Waals surface area contributed by atoms with Crippen LogP contribution in [0.15, 0.2) is 35.9 Å². The van der Waals surface area contributed by atoms with Crippen LogP contribution in [0.25, 0.3) is 0 Å². The summed E-state index contributed by atoms with van der Waals surface area (Å²) in [6.45, 7) is 7.83. The van der Waals surface area contributed by atoms with Crippen LogP contribution >= 0.6 is 0 Å². The Morgan fingerprint density at radius 2 is 1.19 bits per heavy atom. The van der Waals surface area contributed by atoms with Crippen molar-refractivity contribution in [2.75, 3.05) is 19.8 Å². The number of ether oxygens (including phenoxy) is 6. The molecule has 0 spiro atoms. The molecule has 0 aromatic heterocycles. The van der Waals surface area contributed by atoms with Crippen LogP contribution in [-0.2, 0) is 25.4 Å². The van der Waals surface area contributed by atoms with Crippen molar-refractivity contribution in [3.63, 3.8) is 0 Å². The maximum atomic E-state index is 11.7. The molecular weight excluding hydrogens is 716 g/mol. The highest BCUT2D eigenvalue weighted by atomic mass is 16.7. The molecule has 5 rings (SSSR count). The molecule has 3 heterocycles. The van der Waals surface area contributed by atoms with Gasteiger partial charge in [-0.3, -0.25) is 0 Å². The number of aliphatic hydroxyl groups is 11. The minimum Gasteiger partial charge on any atom is -0.462 e. The lowest BCUT2D eigenvalue weighted by Gasteiger charge is -2.46. The van der Waals surface area contributed by atoms with E-state index in [2.05, 4.69) is 6.58 Å². The van der Waals surface area contributed by atoms with Gasteiger partial charge in [-0.15, -0.1) is 0 Å². The molecule has 4 aliphatic rings. The molecule has 11 N–H and O–H groups in total. The van der Waals surface area contributed by atoms with Crippen molar-refractivity contribution in [2.45, 2.75) is 144 Å². The highest BCUT2D eigenvalue weighted by Crippen LogP contribution is 2.48. The molecule has 1 aliphatic carbocycles. The summed E-state index contributed by atoms with van der Waals surface area (Å²) >= 11 is 0. The zero-order valence-electron chi connectivity index (χ0n) is 30.6. The van der Waals surface area contributed by atoms with Gasteiger partial charge in [0.1, 0.15) is 84.7 Å². The highest BCUT2D eigenvalue weighted by Gasteiger charge is 2.52. The van der Waals surface area contributed by atoms with Gasteiger partial charge in [0.2, 0.25) is 12.6 Å². The summed E-state index contributed by atoms with van der Waals surface area (Å²) in [5.74, 6) is -0.341. The monoisotopic (exact) mass is 772 g/mol. The van der Waals surface area contributed by atoms with E-state index in [1.165, 1.54) is 0 Å². The summed E-state index contributed by atoms with van der Waals surface area (Å²) in [6, 6.07) is 3.44. The van der Waals surface area contributed by atoms with Gasteiger partial charge in [0.05, 0.1) is 19.8 Å². The largest absolute Gasteiger partial charge is 0.462 e. The Balaban J connectivity index is 1.58. The average Bonchev–Trinajstić information content (AvgIpc) is 3.14. The second-order valence-corrected chi connectivity index (χ2v) is 14.7. The second kappa shape index (κ2) is 18.3. The summed E-state index contributed by atoms with van der Waals surface area (Å²) in [5.41, 5.74) is 2.98. The van der Waals surface area contributed by atoms with Crippen molar-refractivity contribution in [3.05, 3.63) is 47.1 Å². The number of hydrogen-bond acceptors (Lipinski definition) is 17. The maximum absolute atomic E-state index is 11.7. The van der Waals surface area contributed by atoms with Crippen LogP contribution in [0, 0.1) is 5.92 Å². The molecule has 3 fully saturated rings. The van der Waals surface area contributed by atoms with E-state index < -0.39 is 118 Å². The summed E-state index contributed by atoms with van der Waals surface area (Å²) < 4.78 is 35.6. The summed E-state index contributed by atoms with van der Waals surface area (Å²) in [5, 5.41) is 116. The van der Waals surface area contributed by atoms with Crippen LogP contribution in [0.2, 0.25) is 0 Å². The van der Waals surface area contributed by atoms with Crippen LogP contribution in [0.1, 0.15) is 57.1 Å². The molecule has 0 radical (unpaired) electrons. The fourth-order valence-electron chi connectivity index (χ4n) is 7.58. The minimum atomic E-state index is -1.86. The second-order valence-electron chi connectivity index (χ2n) is 14.7. The van der Waals surface area contributed by atoms with E-state index in [-0.39, 0.29) is 17.4 Å². The lowest BCUT2D eigenvalue weighted by molar-refractivity contribution is -0.352. The van der Waals surface area contributed by atoms with Crippen LogP contribution in [0.3, 0.4) is 0 Å². The van der Waals surface area contributed by atoms with Crippen molar-refractivity contribution in [2.24, 2.45) is 5.92 Å². The number of aliphatic hydroxyl groups excluding tert-OH is 11. The normalized spacial score (nSPS) is 41.6. The Kier molecular flexibility index (Phi) is 14.5. The van der Waals surface area contributed by atoms with Gasteiger partial charge in [-0.2, -0.15) is 0 Å². The number of benzene rings is 1. The van der Waals surface area contributed by atoms with Crippen LogP contribution in [0.5, 0.6) is 11.5 Å². The molecule has 0 amide bonds. The highest BCUT2D eigenvalue weighted by molar-refractivity contribution is 5.53. The van der Waals surface area contributed by atoms with E-state index in [0.717, 1.165) is 17.6 Å². The van der Waals surface area contributed by atoms with Crippen molar-refractivity contribution in [3.8, 4) is 11.5 Å². The van der Waals surface area contributed by atoms with Gasteiger partial charge in [0, 0.05) is 11.5 Å². The molecule has 0 saturated carbocycles. The number of hydrogen-bond donors (Lipinski definition) is 11. The van der Waals surface area contributed by atoms with E-state index in [0.29, 0.717) is 30.4 Å². The third-order valence-corrected chi connectivity index (χ3v) is 10.7. The maximum Gasteiger partial charge on any atom is 0.229 e. The lowest BCUT2D eigenvalue weighted by atomic mass is 9.73. The molecule has 306 valence electrons. The predicted octanol–water partition coefficient (Wildman–Crippen LogP) is -2.16. The minimum absolute atomic E-state index is 0.131. The lowest BCUT2D eigenvalue weighted by Crippen LogP contribution is -2.65. The molecule has 0 bridgehead atoms. The molecular formula is C37H56O17. The van der Waals surface area contributed by atoms with Crippen molar-refractivity contribution in [1.82, 2.24) is 0 Å². The quantitative estimate of drug-likeness (QED) is 0.0953. The predicted molar refractivity (Wildman–Crippen MR) is 186 cm³/mol. The van der Waals surface area contributed by atoms with E-state index in [9.17, 15) is 56.2 Å². The smallest absolute Gasteiger partial charge is 0.229 e.